The van der Waals surface area contributed by atoms with E-state index in [4.69, 9.17) is 14.2 Å². The first kappa shape index (κ1) is 18.3. The van der Waals surface area contributed by atoms with Crippen LogP contribution in [0.4, 0.5) is 0 Å². The zero-order valence-corrected chi connectivity index (χ0v) is 14.8. The van der Waals surface area contributed by atoms with Crippen LogP contribution in [0, 0.1) is 0 Å². The highest BCUT2D eigenvalue weighted by atomic mass is 79.9. The van der Waals surface area contributed by atoms with Crippen LogP contribution in [0.5, 0.6) is 17.2 Å². The number of methoxy groups -OCH3 is 3. The minimum atomic E-state index is 0. The summed E-state index contributed by atoms with van der Waals surface area (Å²) in [5.74, 6) is 2.41. The molecule has 2 aromatic carbocycles. The standard InChI is InChI=1S/C17H21NO3.BrH/c1-19-15-9-5-4-7-13(15)11-18-12-14-8-6-10-16(20-2)17(14)21-3;/h4-10,18H,11-12H2,1-3H3;1H. The summed E-state index contributed by atoms with van der Waals surface area (Å²) in [6.45, 7) is 1.42. The van der Waals surface area contributed by atoms with Crippen molar-refractivity contribution in [2.75, 3.05) is 21.3 Å². The van der Waals surface area contributed by atoms with Gasteiger partial charge < -0.3 is 19.5 Å². The van der Waals surface area contributed by atoms with Gasteiger partial charge in [-0.1, -0.05) is 30.3 Å². The summed E-state index contributed by atoms with van der Waals surface area (Å²) >= 11 is 0. The van der Waals surface area contributed by atoms with Crippen LogP contribution >= 0.6 is 17.0 Å². The molecular formula is C17H22BrNO3. The van der Waals surface area contributed by atoms with Crippen LogP contribution in [0.25, 0.3) is 0 Å². The lowest BCUT2D eigenvalue weighted by Crippen LogP contribution is -2.14. The van der Waals surface area contributed by atoms with E-state index in [1.807, 2.05) is 36.4 Å². The molecule has 2 rings (SSSR count). The third-order valence-corrected chi connectivity index (χ3v) is 3.31. The van der Waals surface area contributed by atoms with Crippen LogP contribution in [0.2, 0.25) is 0 Å². The third-order valence-electron chi connectivity index (χ3n) is 3.31. The Morgan fingerprint density at radius 2 is 1.32 bits per heavy atom. The van der Waals surface area contributed by atoms with Gasteiger partial charge in [-0.25, -0.2) is 0 Å². The molecule has 0 spiro atoms. The first-order chi connectivity index (χ1) is 10.3. The number of halogens is 1. The Morgan fingerprint density at radius 1 is 0.727 bits per heavy atom. The number of hydrogen-bond donors (Lipinski definition) is 1. The van der Waals surface area contributed by atoms with Crippen LogP contribution in [0.3, 0.4) is 0 Å². The van der Waals surface area contributed by atoms with Gasteiger partial charge in [0.2, 0.25) is 0 Å². The lowest BCUT2D eigenvalue weighted by molar-refractivity contribution is 0.350. The van der Waals surface area contributed by atoms with E-state index in [1.165, 1.54) is 0 Å². The summed E-state index contributed by atoms with van der Waals surface area (Å²) < 4.78 is 16.1. The van der Waals surface area contributed by atoms with Crippen LogP contribution in [0.15, 0.2) is 42.5 Å². The highest BCUT2D eigenvalue weighted by Gasteiger charge is 2.09. The molecule has 0 atom stereocenters. The Kier molecular flexibility index (Phi) is 7.77. The Bertz CT molecular complexity index is 590. The highest BCUT2D eigenvalue weighted by molar-refractivity contribution is 8.93. The van der Waals surface area contributed by atoms with Gasteiger partial charge in [0.1, 0.15) is 5.75 Å². The monoisotopic (exact) mass is 367 g/mol. The molecule has 0 amide bonds. The van der Waals surface area contributed by atoms with Gasteiger partial charge in [0.15, 0.2) is 11.5 Å². The SMILES string of the molecule is Br.COc1ccccc1CNCc1cccc(OC)c1OC. The van der Waals surface area contributed by atoms with E-state index < -0.39 is 0 Å². The van der Waals surface area contributed by atoms with Crippen LogP contribution in [-0.4, -0.2) is 21.3 Å². The maximum Gasteiger partial charge on any atom is 0.165 e. The molecule has 5 heteroatoms. The average molecular weight is 368 g/mol. The van der Waals surface area contributed by atoms with Gasteiger partial charge in [-0.2, -0.15) is 0 Å². The number of para-hydroxylation sites is 2. The molecule has 0 radical (unpaired) electrons. The molecule has 1 N–H and O–H groups in total. The largest absolute Gasteiger partial charge is 0.496 e. The molecule has 2 aromatic rings. The summed E-state index contributed by atoms with van der Waals surface area (Å²) in [6, 6.07) is 13.9. The molecule has 4 nitrogen and oxygen atoms in total. The molecule has 0 unspecified atom stereocenters. The number of ether oxygens (including phenoxy) is 3. The van der Waals surface area contributed by atoms with Crippen molar-refractivity contribution in [1.82, 2.24) is 5.32 Å². The lowest BCUT2D eigenvalue weighted by atomic mass is 10.1. The van der Waals surface area contributed by atoms with Crippen molar-refractivity contribution in [3.63, 3.8) is 0 Å². The minimum absolute atomic E-state index is 0. The molecule has 0 heterocycles. The Labute approximate surface area is 142 Å². The predicted octanol–water partition coefficient (Wildman–Crippen LogP) is 3.58. The zero-order valence-electron chi connectivity index (χ0n) is 13.1. The summed E-state index contributed by atoms with van der Waals surface area (Å²) in [7, 11) is 4.98. The number of rotatable bonds is 7. The fourth-order valence-corrected chi connectivity index (χ4v) is 2.27. The van der Waals surface area contributed by atoms with Gasteiger partial charge in [-0.15, -0.1) is 17.0 Å². The van der Waals surface area contributed by atoms with E-state index >= 15 is 0 Å². The topological polar surface area (TPSA) is 39.7 Å². The first-order valence-electron chi connectivity index (χ1n) is 6.82. The highest BCUT2D eigenvalue weighted by Crippen LogP contribution is 2.30. The molecule has 0 aliphatic rings. The van der Waals surface area contributed by atoms with Crippen LogP contribution in [0.1, 0.15) is 11.1 Å². The Hall–Kier alpha value is -1.72. The van der Waals surface area contributed by atoms with Gasteiger partial charge in [0.05, 0.1) is 21.3 Å². The van der Waals surface area contributed by atoms with Crippen molar-refractivity contribution in [3.05, 3.63) is 53.6 Å². The third kappa shape index (κ3) is 4.39. The fraction of sp³-hybridized carbons (Fsp3) is 0.294. The van der Waals surface area contributed by atoms with E-state index in [2.05, 4.69) is 11.4 Å². The molecule has 0 aliphatic heterocycles. The normalized spacial score (nSPS) is 9.77. The van der Waals surface area contributed by atoms with Gasteiger partial charge in [0, 0.05) is 24.2 Å². The predicted molar refractivity (Wildman–Crippen MR) is 93.4 cm³/mol. The molecule has 0 aromatic heterocycles. The smallest absolute Gasteiger partial charge is 0.165 e. The van der Waals surface area contributed by atoms with Gasteiger partial charge >= 0.3 is 0 Å². The zero-order chi connectivity index (χ0) is 15.1. The van der Waals surface area contributed by atoms with E-state index in [9.17, 15) is 0 Å². The Balaban J connectivity index is 0.00000242. The van der Waals surface area contributed by atoms with Crippen molar-refractivity contribution >= 4 is 17.0 Å². The molecule has 0 fully saturated rings. The molecular weight excluding hydrogens is 346 g/mol. The molecule has 0 saturated carbocycles. The van der Waals surface area contributed by atoms with E-state index in [0.717, 1.165) is 34.9 Å². The van der Waals surface area contributed by atoms with Gasteiger partial charge in [-0.05, 0) is 12.1 Å². The second kappa shape index (κ2) is 9.33. The number of benzene rings is 2. The summed E-state index contributed by atoms with van der Waals surface area (Å²) in [5, 5.41) is 3.40. The van der Waals surface area contributed by atoms with Crippen LogP contribution in [-0.2, 0) is 13.1 Å². The second-order valence-electron chi connectivity index (χ2n) is 4.57. The lowest BCUT2D eigenvalue weighted by Gasteiger charge is -2.14. The van der Waals surface area contributed by atoms with Gasteiger partial charge in [-0.3, -0.25) is 0 Å². The summed E-state index contributed by atoms with van der Waals surface area (Å²) in [4.78, 5) is 0. The maximum atomic E-state index is 5.43. The van der Waals surface area contributed by atoms with Crippen molar-refractivity contribution in [3.8, 4) is 17.2 Å². The van der Waals surface area contributed by atoms with Crippen molar-refractivity contribution < 1.29 is 14.2 Å². The number of nitrogens with one attached hydrogen (secondary N) is 1. The first-order valence-corrected chi connectivity index (χ1v) is 6.82. The molecule has 0 aliphatic carbocycles. The molecule has 22 heavy (non-hydrogen) atoms. The number of hydrogen-bond acceptors (Lipinski definition) is 4. The Morgan fingerprint density at radius 3 is 2.00 bits per heavy atom. The fourth-order valence-electron chi connectivity index (χ4n) is 2.27. The molecule has 0 bridgehead atoms. The van der Waals surface area contributed by atoms with Crippen molar-refractivity contribution in [2.24, 2.45) is 0 Å². The quantitative estimate of drug-likeness (QED) is 0.811. The van der Waals surface area contributed by atoms with E-state index in [0.29, 0.717) is 6.54 Å². The maximum absolute atomic E-state index is 5.43. The van der Waals surface area contributed by atoms with E-state index in [1.54, 1.807) is 21.3 Å². The summed E-state index contributed by atoms with van der Waals surface area (Å²) in [6.07, 6.45) is 0. The minimum Gasteiger partial charge on any atom is -0.496 e. The summed E-state index contributed by atoms with van der Waals surface area (Å²) in [5.41, 5.74) is 2.19. The molecule has 0 saturated heterocycles. The average Bonchev–Trinajstić information content (AvgIpc) is 2.54. The van der Waals surface area contributed by atoms with Crippen molar-refractivity contribution in [2.45, 2.75) is 13.1 Å². The van der Waals surface area contributed by atoms with E-state index in [-0.39, 0.29) is 17.0 Å². The second-order valence-corrected chi connectivity index (χ2v) is 4.57. The van der Waals surface area contributed by atoms with Crippen molar-refractivity contribution in [1.29, 1.82) is 0 Å². The van der Waals surface area contributed by atoms with Gasteiger partial charge in [0.25, 0.3) is 0 Å². The van der Waals surface area contributed by atoms with Crippen LogP contribution < -0.4 is 19.5 Å². The molecule has 120 valence electrons.